The fraction of sp³-hybridized carbons (Fsp3) is 0.429. The molecule has 0 saturated heterocycles. The molecule has 1 N–H and O–H groups in total. The highest BCUT2D eigenvalue weighted by molar-refractivity contribution is 5.78. The van der Waals surface area contributed by atoms with E-state index in [-0.39, 0.29) is 17.4 Å². The number of nitrogens with one attached hydrogen (secondary N) is 1. The van der Waals surface area contributed by atoms with Gasteiger partial charge in [0, 0.05) is 6.20 Å². The van der Waals surface area contributed by atoms with Gasteiger partial charge in [0.15, 0.2) is 0 Å². The first-order valence-electron chi connectivity index (χ1n) is 8.63. The Morgan fingerprint density at radius 1 is 1.08 bits per heavy atom. The molecule has 2 rings (SSSR count). The molecule has 0 bridgehead atoms. The third-order valence-corrected chi connectivity index (χ3v) is 4.26. The molecule has 1 aromatic carbocycles. The minimum Gasteiger partial charge on any atom is -0.348 e. The van der Waals surface area contributed by atoms with Gasteiger partial charge in [-0.25, -0.2) is 0 Å². The standard InChI is InChI=1S/C21H28N2O/c1-6-16-9-12-19(22-14-16)15(2)23-20(24)13-17-7-10-18(11-8-17)21(3,4)5/h7-12,14-15H,6,13H2,1-5H3,(H,23,24). The Balaban J connectivity index is 1.94. The Kier molecular flexibility index (Phi) is 5.76. The summed E-state index contributed by atoms with van der Waals surface area (Å²) in [7, 11) is 0. The van der Waals surface area contributed by atoms with Crippen molar-refractivity contribution in [3.05, 3.63) is 65.0 Å². The van der Waals surface area contributed by atoms with Crippen LogP contribution in [0.5, 0.6) is 0 Å². The normalized spacial score (nSPS) is 12.7. The number of carbonyl (C=O) groups is 1. The van der Waals surface area contributed by atoms with Gasteiger partial charge in [-0.15, -0.1) is 0 Å². The van der Waals surface area contributed by atoms with Crippen molar-refractivity contribution in [3.63, 3.8) is 0 Å². The van der Waals surface area contributed by atoms with Crippen LogP contribution in [0.15, 0.2) is 42.6 Å². The van der Waals surface area contributed by atoms with Crippen LogP contribution in [-0.4, -0.2) is 10.9 Å². The molecule has 0 saturated carbocycles. The van der Waals surface area contributed by atoms with Crippen molar-refractivity contribution in [1.29, 1.82) is 0 Å². The summed E-state index contributed by atoms with van der Waals surface area (Å²) in [4.78, 5) is 16.7. The van der Waals surface area contributed by atoms with Crippen molar-refractivity contribution in [2.75, 3.05) is 0 Å². The summed E-state index contributed by atoms with van der Waals surface area (Å²) in [6.45, 7) is 10.6. The first-order valence-corrected chi connectivity index (χ1v) is 8.63. The smallest absolute Gasteiger partial charge is 0.224 e. The van der Waals surface area contributed by atoms with Gasteiger partial charge in [0.25, 0.3) is 0 Å². The van der Waals surface area contributed by atoms with Gasteiger partial charge in [0.05, 0.1) is 18.2 Å². The Morgan fingerprint density at radius 3 is 2.21 bits per heavy atom. The lowest BCUT2D eigenvalue weighted by Gasteiger charge is -2.19. The number of hydrogen-bond donors (Lipinski definition) is 1. The van der Waals surface area contributed by atoms with Gasteiger partial charge < -0.3 is 5.32 Å². The highest BCUT2D eigenvalue weighted by Gasteiger charge is 2.14. The van der Waals surface area contributed by atoms with Crippen molar-refractivity contribution in [1.82, 2.24) is 10.3 Å². The van der Waals surface area contributed by atoms with Gasteiger partial charge in [-0.05, 0) is 41.5 Å². The van der Waals surface area contributed by atoms with E-state index in [0.717, 1.165) is 17.7 Å². The van der Waals surface area contributed by atoms with Crippen LogP contribution in [0.2, 0.25) is 0 Å². The van der Waals surface area contributed by atoms with Gasteiger partial charge >= 0.3 is 0 Å². The van der Waals surface area contributed by atoms with E-state index in [2.05, 4.69) is 56.2 Å². The molecule has 0 aliphatic carbocycles. The molecule has 1 amide bonds. The number of rotatable bonds is 5. The maximum atomic E-state index is 12.3. The molecule has 2 aromatic rings. The fourth-order valence-corrected chi connectivity index (χ4v) is 2.58. The number of nitrogens with zero attached hydrogens (tertiary/aromatic N) is 1. The lowest BCUT2D eigenvalue weighted by Crippen LogP contribution is -2.28. The number of carbonyl (C=O) groups excluding carboxylic acids is 1. The number of pyridine rings is 1. The molecule has 3 heteroatoms. The van der Waals surface area contributed by atoms with E-state index in [4.69, 9.17) is 0 Å². The molecule has 1 aromatic heterocycles. The van der Waals surface area contributed by atoms with Crippen LogP contribution in [0, 0.1) is 0 Å². The molecule has 128 valence electrons. The lowest BCUT2D eigenvalue weighted by atomic mass is 9.86. The zero-order valence-corrected chi connectivity index (χ0v) is 15.4. The van der Waals surface area contributed by atoms with E-state index >= 15 is 0 Å². The largest absolute Gasteiger partial charge is 0.348 e. The quantitative estimate of drug-likeness (QED) is 0.888. The molecule has 1 unspecified atom stereocenters. The van der Waals surface area contributed by atoms with E-state index in [0.29, 0.717) is 6.42 Å². The number of aryl methyl sites for hydroxylation is 1. The highest BCUT2D eigenvalue weighted by Crippen LogP contribution is 2.22. The molecule has 0 aliphatic heterocycles. The molecule has 0 spiro atoms. The van der Waals surface area contributed by atoms with Crippen molar-refractivity contribution in [2.24, 2.45) is 0 Å². The molecule has 1 heterocycles. The zero-order chi connectivity index (χ0) is 17.7. The highest BCUT2D eigenvalue weighted by atomic mass is 16.1. The number of aromatic nitrogens is 1. The van der Waals surface area contributed by atoms with E-state index in [9.17, 15) is 4.79 Å². The summed E-state index contributed by atoms with van der Waals surface area (Å²) in [5, 5.41) is 3.03. The van der Waals surface area contributed by atoms with Crippen LogP contribution >= 0.6 is 0 Å². The predicted octanol–water partition coefficient (Wildman–Crippen LogP) is 4.36. The van der Waals surface area contributed by atoms with Gasteiger partial charge in [-0.3, -0.25) is 9.78 Å². The maximum absolute atomic E-state index is 12.3. The van der Waals surface area contributed by atoms with E-state index in [1.165, 1.54) is 11.1 Å². The molecule has 0 aliphatic rings. The van der Waals surface area contributed by atoms with Crippen molar-refractivity contribution < 1.29 is 4.79 Å². The van der Waals surface area contributed by atoms with Crippen LogP contribution in [0.1, 0.15) is 63.0 Å². The van der Waals surface area contributed by atoms with Crippen molar-refractivity contribution >= 4 is 5.91 Å². The summed E-state index contributed by atoms with van der Waals surface area (Å²) in [5.41, 5.74) is 4.54. The summed E-state index contributed by atoms with van der Waals surface area (Å²) in [6, 6.07) is 12.3. The topological polar surface area (TPSA) is 42.0 Å². The average Bonchev–Trinajstić information content (AvgIpc) is 2.54. The van der Waals surface area contributed by atoms with Crippen molar-refractivity contribution in [2.45, 2.75) is 58.9 Å². The van der Waals surface area contributed by atoms with E-state index in [1.54, 1.807) is 0 Å². The molecule has 24 heavy (non-hydrogen) atoms. The Labute approximate surface area is 145 Å². The monoisotopic (exact) mass is 324 g/mol. The zero-order valence-electron chi connectivity index (χ0n) is 15.4. The summed E-state index contributed by atoms with van der Waals surface area (Å²) in [6.07, 6.45) is 3.24. The van der Waals surface area contributed by atoms with Gasteiger partial charge in [-0.2, -0.15) is 0 Å². The fourth-order valence-electron chi connectivity index (χ4n) is 2.58. The van der Waals surface area contributed by atoms with Crippen molar-refractivity contribution in [3.8, 4) is 0 Å². The average molecular weight is 324 g/mol. The second kappa shape index (κ2) is 7.61. The Morgan fingerprint density at radius 2 is 1.71 bits per heavy atom. The van der Waals surface area contributed by atoms with Crippen LogP contribution in [0.25, 0.3) is 0 Å². The van der Waals surface area contributed by atoms with Crippen LogP contribution in [0.4, 0.5) is 0 Å². The third-order valence-electron chi connectivity index (χ3n) is 4.26. The first kappa shape index (κ1) is 18.2. The number of hydrogen-bond acceptors (Lipinski definition) is 2. The molecule has 3 nitrogen and oxygen atoms in total. The van der Waals surface area contributed by atoms with Crippen LogP contribution < -0.4 is 5.32 Å². The predicted molar refractivity (Wildman–Crippen MR) is 99.0 cm³/mol. The Bertz CT molecular complexity index is 666. The van der Waals surface area contributed by atoms with Crippen LogP contribution in [-0.2, 0) is 23.1 Å². The van der Waals surface area contributed by atoms with E-state index < -0.39 is 0 Å². The molecule has 0 fully saturated rings. The molecule has 1 atom stereocenters. The number of benzene rings is 1. The van der Waals surface area contributed by atoms with Crippen LogP contribution in [0.3, 0.4) is 0 Å². The van der Waals surface area contributed by atoms with E-state index in [1.807, 2.05) is 31.3 Å². The SMILES string of the molecule is CCc1ccc(C(C)NC(=O)Cc2ccc(C(C)(C)C)cc2)nc1. The number of amides is 1. The molecule has 0 radical (unpaired) electrons. The lowest BCUT2D eigenvalue weighted by molar-refractivity contribution is -0.121. The van der Waals surface area contributed by atoms with Gasteiger partial charge in [0.1, 0.15) is 0 Å². The minimum atomic E-state index is -0.0859. The first-order chi connectivity index (χ1) is 11.3. The molecular formula is C21H28N2O. The molecular weight excluding hydrogens is 296 g/mol. The third kappa shape index (κ3) is 4.92. The van der Waals surface area contributed by atoms with Gasteiger partial charge in [-0.1, -0.05) is 58.0 Å². The summed E-state index contributed by atoms with van der Waals surface area (Å²) in [5.74, 6) is 0.0207. The maximum Gasteiger partial charge on any atom is 0.224 e. The summed E-state index contributed by atoms with van der Waals surface area (Å²) < 4.78 is 0. The second-order valence-corrected chi connectivity index (χ2v) is 7.36. The van der Waals surface area contributed by atoms with Gasteiger partial charge in [0.2, 0.25) is 5.91 Å². The Hall–Kier alpha value is -2.16. The summed E-state index contributed by atoms with van der Waals surface area (Å²) >= 11 is 0. The second-order valence-electron chi connectivity index (χ2n) is 7.36. The minimum absolute atomic E-state index is 0.0207.